The van der Waals surface area contributed by atoms with E-state index in [0.29, 0.717) is 18.5 Å². The first-order valence-corrected chi connectivity index (χ1v) is 15.0. The van der Waals surface area contributed by atoms with Crippen molar-refractivity contribution < 1.29 is 24.2 Å². The van der Waals surface area contributed by atoms with Crippen LogP contribution in [0.2, 0.25) is 0 Å². The van der Waals surface area contributed by atoms with Crippen molar-refractivity contribution in [3.8, 4) is 5.75 Å². The summed E-state index contributed by atoms with van der Waals surface area (Å²) in [6, 6.07) is 23.3. The van der Waals surface area contributed by atoms with Gasteiger partial charge >= 0.3 is 6.09 Å². The summed E-state index contributed by atoms with van der Waals surface area (Å²) in [5.41, 5.74) is 1.49. The smallest absolute Gasteiger partial charge is 0.408 e. The zero-order valence-corrected chi connectivity index (χ0v) is 25.7. The van der Waals surface area contributed by atoms with Crippen LogP contribution in [0, 0.1) is 0 Å². The number of benzene rings is 3. The van der Waals surface area contributed by atoms with E-state index in [0.717, 1.165) is 30.4 Å². The molecule has 0 saturated heterocycles. The number of nitrogens with zero attached hydrogens (tertiary/aromatic N) is 1. The maximum atomic E-state index is 14.5. The molecular weight excluding hydrogens is 542 g/mol. The third kappa shape index (κ3) is 11.1. The molecular formula is C35H45N3O5. The van der Waals surface area contributed by atoms with Crippen LogP contribution >= 0.6 is 0 Å². The first kappa shape index (κ1) is 33.2. The maximum absolute atomic E-state index is 14.5. The lowest BCUT2D eigenvalue weighted by atomic mass is 9.99. The molecule has 0 radical (unpaired) electrons. The summed E-state index contributed by atoms with van der Waals surface area (Å²) in [6.07, 6.45) is 3.05. The molecule has 0 aliphatic carbocycles. The fraction of sp³-hybridized carbons (Fsp3) is 0.400. The molecule has 3 N–H and O–H groups in total. The molecule has 0 heterocycles. The van der Waals surface area contributed by atoms with E-state index in [2.05, 4.69) is 17.6 Å². The topological polar surface area (TPSA) is 108 Å². The first-order chi connectivity index (χ1) is 20.6. The van der Waals surface area contributed by atoms with Gasteiger partial charge in [0, 0.05) is 19.5 Å². The minimum atomic E-state index is -1.04. The number of aromatic hydroxyl groups is 1. The van der Waals surface area contributed by atoms with Gasteiger partial charge in [-0.25, -0.2) is 4.79 Å². The quantitative estimate of drug-likeness (QED) is 0.192. The molecule has 0 bridgehead atoms. The Kier molecular flexibility index (Phi) is 12.6. The Labute approximate surface area is 255 Å². The van der Waals surface area contributed by atoms with E-state index in [1.165, 1.54) is 17.0 Å². The summed E-state index contributed by atoms with van der Waals surface area (Å²) in [7, 11) is 0. The number of nitrogens with one attached hydrogen (secondary N) is 2. The number of rotatable bonds is 14. The van der Waals surface area contributed by atoms with E-state index >= 15 is 0 Å². The molecule has 230 valence electrons. The van der Waals surface area contributed by atoms with Crippen molar-refractivity contribution in [1.82, 2.24) is 15.5 Å². The van der Waals surface area contributed by atoms with Gasteiger partial charge in [0.05, 0.1) is 0 Å². The lowest BCUT2D eigenvalue weighted by Gasteiger charge is -2.34. The average molecular weight is 588 g/mol. The molecule has 2 unspecified atom stereocenters. The minimum Gasteiger partial charge on any atom is -0.508 e. The monoisotopic (exact) mass is 587 g/mol. The number of carbonyl (C=O) groups excluding carboxylic acids is 3. The molecule has 8 heteroatoms. The molecule has 2 atom stereocenters. The lowest BCUT2D eigenvalue weighted by molar-refractivity contribution is -0.142. The Balaban J connectivity index is 2.01. The van der Waals surface area contributed by atoms with Crippen LogP contribution in [0.3, 0.4) is 0 Å². The molecule has 3 amide bonds. The molecule has 0 fully saturated rings. The zero-order chi connectivity index (χ0) is 31.2. The van der Waals surface area contributed by atoms with Gasteiger partial charge in [0.1, 0.15) is 23.4 Å². The van der Waals surface area contributed by atoms with Crippen LogP contribution in [0.5, 0.6) is 5.75 Å². The second-order valence-corrected chi connectivity index (χ2v) is 11.7. The Hall–Kier alpha value is -4.33. The zero-order valence-electron chi connectivity index (χ0n) is 25.7. The van der Waals surface area contributed by atoms with Gasteiger partial charge in [0.2, 0.25) is 11.8 Å². The van der Waals surface area contributed by atoms with Gasteiger partial charge in [-0.2, -0.15) is 0 Å². The highest BCUT2D eigenvalue weighted by Gasteiger charge is 2.36. The van der Waals surface area contributed by atoms with Gasteiger partial charge in [-0.3, -0.25) is 9.59 Å². The number of carbonyl (C=O) groups is 3. The second-order valence-electron chi connectivity index (χ2n) is 11.7. The highest BCUT2D eigenvalue weighted by atomic mass is 16.6. The molecule has 43 heavy (non-hydrogen) atoms. The molecule has 3 aromatic rings. The van der Waals surface area contributed by atoms with E-state index in [4.69, 9.17) is 4.74 Å². The largest absolute Gasteiger partial charge is 0.508 e. The third-order valence-electron chi connectivity index (χ3n) is 6.86. The number of ether oxygens (including phenoxy) is 1. The Morgan fingerprint density at radius 2 is 1.51 bits per heavy atom. The second kappa shape index (κ2) is 16.3. The Morgan fingerprint density at radius 3 is 2.12 bits per heavy atom. The standard InChI is InChI=1S/C35H45N3O5/c1-5-6-7-14-22-38(33(41)30(23-26-16-10-8-11-17-26)37-34(42)43-35(2,3)4)31(28-20-15-21-29(39)24-28)32(40)36-25-27-18-12-9-13-19-27/h8-13,15-21,24,30-31,39H,5-7,14,22-23,25H2,1-4H3,(H,36,40)(H,37,42). The van der Waals surface area contributed by atoms with E-state index in [-0.39, 0.29) is 24.6 Å². The number of hydrogen-bond acceptors (Lipinski definition) is 5. The SMILES string of the molecule is CCCCCCN(C(=O)C(Cc1ccccc1)NC(=O)OC(C)(C)C)C(C(=O)NCc1ccccc1)c1cccc(O)c1. The summed E-state index contributed by atoms with van der Waals surface area (Å²) in [6.45, 7) is 7.95. The fourth-order valence-corrected chi connectivity index (χ4v) is 4.82. The summed E-state index contributed by atoms with van der Waals surface area (Å²) < 4.78 is 5.51. The number of hydrogen-bond donors (Lipinski definition) is 3. The summed E-state index contributed by atoms with van der Waals surface area (Å²) in [5, 5.41) is 16.1. The van der Waals surface area contributed by atoms with Crippen LogP contribution in [0.4, 0.5) is 4.79 Å². The van der Waals surface area contributed by atoms with Crippen molar-refractivity contribution in [2.24, 2.45) is 0 Å². The van der Waals surface area contributed by atoms with Crippen LogP contribution in [0.1, 0.15) is 76.1 Å². The third-order valence-corrected chi connectivity index (χ3v) is 6.86. The van der Waals surface area contributed by atoms with Gasteiger partial charge < -0.3 is 25.4 Å². The number of amides is 3. The molecule has 0 saturated carbocycles. The highest BCUT2D eigenvalue weighted by Crippen LogP contribution is 2.27. The van der Waals surface area contributed by atoms with Crippen molar-refractivity contribution in [2.75, 3.05) is 6.54 Å². The van der Waals surface area contributed by atoms with Crippen molar-refractivity contribution in [1.29, 1.82) is 0 Å². The number of unbranched alkanes of at least 4 members (excludes halogenated alkanes) is 3. The first-order valence-electron chi connectivity index (χ1n) is 15.0. The summed E-state index contributed by atoms with van der Waals surface area (Å²) in [5.74, 6) is -0.798. The van der Waals surface area contributed by atoms with Crippen LogP contribution in [-0.2, 0) is 27.3 Å². The van der Waals surface area contributed by atoms with Gasteiger partial charge in [0.25, 0.3) is 0 Å². The number of alkyl carbamates (subject to hydrolysis) is 1. The predicted octanol–water partition coefficient (Wildman–Crippen LogP) is 6.29. The molecule has 0 aliphatic heterocycles. The average Bonchev–Trinajstić information content (AvgIpc) is 2.97. The fourth-order valence-electron chi connectivity index (χ4n) is 4.82. The molecule has 3 rings (SSSR count). The van der Waals surface area contributed by atoms with Gasteiger partial charge in [-0.05, 0) is 56.0 Å². The molecule has 0 aromatic heterocycles. The molecule has 8 nitrogen and oxygen atoms in total. The highest BCUT2D eigenvalue weighted by molar-refractivity contribution is 5.92. The van der Waals surface area contributed by atoms with Gasteiger partial charge in [0.15, 0.2) is 0 Å². The van der Waals surface area contributed by atoms with Gasteiger partial charge in [-0.1, -0.05) is 99.0 Å². The minimum absolute atomic E-state index is 0.00976. The Morgan fingerprint density at radius 1 is 0.860 bits per heavy atom. The van der Waals surface area contributed by atoms with Crippen molar-refractivity contribution in [3.05, 3.63) is 102 Å². The normalized spacial score (nSPS) is 12.6. The number of phenolic OH excluding ortho intramolecular Hbond substituents is 1. The van der Waals surface area contributed by atoms with Gasteiger partial charge in [-0.15, -0.1) is 0 Å². The molecule has 0 aliphatic rings. The van der Waals surface area contributed by atoms with Crippen LogP contribution in [0.15, 0.2) is 84.9 Å². The van der Waals surface area contributed by atoms with Crippen molar-refractivity contribution in [3.63, 3.8) is 0 Å². The molecule has 0 spiro atoms. The van der Waals surface area contributed by atoms with Crippen molar-refractivity contribution in [2.45, 2.75) is 84.0 Å². The molecule has 3 aromatic carbocycles. The predicted molar refractivity (Wildman–Crippen MR) is 168 cm³/mol. The van der Waals surface area contributed by atoms with E-state index in [1.54, 1.807) is 32.9 Å². The van der Waals surface area contributed by atoms with E-state index in [9.17, 15) is 19.5 Å². The maximum Gasteiger partial charge on any atom is 0.408 e. The summed E-state index contributed by atoms with van der Waals surface area (Å²) in [4.78, 5) is 42.9. The van der Waals surface area contributed by atoms with Crippen LogP contribution in [0.25, 0.3) is 0 Å². The van der Waals surface area contributed by atoms with Crippen molar-refractivity contribution >= 4 is 17.9 Å². The lowest BCUT2D eigenvalue weighted by Crippen LogP contribution is -2.54. The number of phenols is 1. The van der Waals surface area contributed by atoms with E-state index < -0.39 is 29.7 Å². The Bertz CT molecular complexity index is 1310. The van der Waals surface area contributed by atoms with Crippen LogP contribution in [-0.4, -0.2) is 46.1 Å². The van der Waals surface area contributed by atoms with E-state index in [1.807, 2.05) is 60.7 Å². The van der Waals surface area contributed by atoms with Crippen LogP contribution < -0.4 is 10.6 Å². The summed E-state index contributed by atoms with van der Waals surface area (Å²) >= 11 is 0.